The Hall–Kier alpha value is -0.910. The van der Waals surface area contributed by atoms with Crippen molar-refractivity contribution in [2.45, 2.75) is 25.1 Å². The summed E-state index contributed by atoms with van der Waals surface area (Å²) in [6.07, 6.45) is 1.64. The molecule has 2 heterocycles. The van der Waals surface area contributed by atoms with Gasteiger partial charge in [0.1, 0.15) is 6.33 Å². The van der Waals surface area contributed by atoms with E-state index in [9.17, 15) is 8.42 Å². The van der Waals surface area contributed by atoms with Gasteiger partial charge in [0.2, 0.25) is 0 Å². The van der Waals surface area contributed by atoms with Gasteiger partial charge in [0.25, 0.3) is 0 Å². The Morgan fingerprint density at radius 3 is 2.68 bits per heavy atom. The van der Waals surface area contributed by atoms with Crippen molar-refractivity contribution in [2.75, 3.05) is 25.9 Å². The van der Waals surface area contributed by atoms with Crippen LogP contribution in [0.5, 0.6) is 0 Å². The van der Waals surface area contributed by atoms with E-state index >= 15 is 0 Å². The molecule has 0 amide bonds. The molecule has 0 spiro atoms. The summed E-state index contributed by atoms with van der Waals surface area (Å²) < 4.78 is 25.1. The Kier molecular flexibility index (Phi) is 6.18. The van der Waals surface area contributed by atoms with Gasteiger partial charge in [-0.05, 0) is 13.8 Å². The molecule has 22 heavy (non-hydrogen) atoms. The molecule has 8 nitrogen and oxygen atoms in total. The molecule has 0 unspecified atom stereocenters. The van der Waals surface area contributed by atoms with E-state index in [1.807, 2.05) is 16.5 Å². The van der Waals surface area contributed by atoms with Crippen molar-refractivity contribution >= 4 is 39.8 Å². The molecule has 126 valence electrons. The van der Waals surface area contributed by atoms with Crippen LogP contribution >= 0.6 is 24.0 Å². The van der Waals surface area contributed by atoms with Crippen molar-refractivity contribution in [3.05, 3.63) is 12.2 Å². The quantitative estimate of drug-likeness (QED) is 0.395. The SMILES string of the molecule is CN=C(NCc1nncn1C)N1CCS(=O)(=O)C(C)(C)C1.I. The lowest BCUT2D eigenvalue weighted by Gasteiger charge is -2.39. The van der Waals surface area contributed by atoms with Crippen LogP contribution in [-0.4, -0.2) is 64.7 Å². The minimum absolute atomic E-state index is 0. The molecule has 1 aliphatic heterocycles. The van der Waals surface area contributed by atoms with Crippen LogP contribution in [0.15, 0.2) is 11.3 Å². The van der Waals surface area contributed by atoms with Gasteiger partial charge in [-0.1, -0.05) is 0 Å². The molecule has 0 aliphatic carbocycles. The first-order valence-electron chi connectivity index (χ1n) is 6.77. The van der Waals surface area contributed by atoms with Gasteiger partial charge in [-0.2, -0.15) is 0 Å². The maximum atomic E-state index is 12.0. The lowest BCUT2D eigenvalue weighted by molar-refractivity contribution is 0.352. The van der Waals surface area contributed by atoms with E-state index in [0.29, 0.717) is 25.6 Å². The first kappa shape index (κ1) is 19.1. The Morgan fingerprint density at radius 1 is 1.50 bits per heavy atom. The fourth-order valence-corrected chi connectivity index (χ4v) is 3.65. The van der Waals surface area contributed by atoms with Crippen molar-refractivity contribution < 1.29 is 8.42 Å². The summed E-state index contributed by atoms with van der Waals surface area (Å²) in [4.78, 5) is 6.20. The molecule has 0 bridgehead atoms. The molecule has 0 saturated carbocycles. The zero-order valence-electron chi connectivity index (χ0n) is 13.3. The van der Waals surface area contributed by atoms with Crippen molar-refractivity contribution in [1.29, 1.82) is 0 Å². The Bertz CT molecular complexity index is 640. The average molecular weight is 442 g/mol. The van der Waals surface area contributed by atoms with Crippen LogP contribution in [0.3, 0.4) is 0 Å². The zero-order chi connectivity index (χ0) is 15.7. The number of guanidine groups is 1. The third-order valence-electron chi connectivity index (χ3n) is 3.76. The second-order valence-electron chi connectivity index (χ2n) is 5.76. The number of aryl methyl sites for hydroxylation is 1. The summed E-state index contributed by atoms with van der Waals surface area (Å²) >= 11 is 0. The zero-order valence-corrected chi connectivity index (χ0v) is 16.4. The molecule has 1 aliphatic rings. The molecule has 0 aromatic carbocycles. The first-order valence-corrected chi connectivity index (χ1v) is 8.43. The van der Waals surface area contributed by atoms with Crippen molar-refractivity contribution in [3.8, 4) is 0 Å². The first-order chi connectivity index (χ1) is 9.77. The minimum atomic E-state index is -3.05. The normalized spacial score (nSPS) is 20.4. The van der Waals surface area contributed by atoms with Crippen LogP contribution in [0.25, 0.3) is 0 Å². The highest BCUT2D eigenvalue weighted by Gasteiger charge is 2.40. The molecule has 1 aromatic rings. The van der Waals surface area contributed by atoms with Gasteiger partial charge >= 0.3 is 0 Å². The second-order valence-corrected chi connectivity index (χ2v) is 8.50. The highest BCUT2D eigenvalue weighted by Crippen LogP contribution is 2.23. The van der Waals surface area contributed by atoms with Gasteiger partial charge in [-0.25, -0.2) is 8.42 Å². The molecule has 0 radical (unpaired) electrons. The van der Waals surface area contributed by atoms with Gasteiger partial charge < -0.3 is 14.8 Å². The summed E-state index contributed by atoms with van der Waals surface area (Å²) in [5, 5.41) is 11.0. The molecule has 1 aromatic heterocycles. The molecule has 0 atom stereocenters. The summed E-state index contributed by atoms with van der Waals surface area (Å²) in [5.74, 6) is 1.62. The maximum Gasteiger partial charge on any atom is 0.194 e. The maximum absolute atomic E-state index is 12.0. The standard InChI is InChI=1S/C12H22N6O2S.HI/c1-12(2)8-18(5-6-21(12,19)20)11(13-3)14-7-10-16-15-9-17(10)4;/h9H,5-8H2,1-4H3,(H,13,14);1H. The van der Waals surface area contributed by atoms with Crippen LogP contribution in [0.2, 0.25) is 0 Å². The molecule has 1 fully saturated rings. The van der Waals surface area contributed by atoms with E-state index < -0.39 is 14.6 Å². The number of hydrogen-bond acceptors (Lipinski definition) is 5. The summed E-state index contributed by atoms with van der Waals surface area (Å²) in [5.41, 5.74) is 0. The van der Waals surface area contributed by atoms with Crippen LogP contribution in [0.1, 0.15) is 19.7 Å². The fraction of sp³-hybridized carbons (Fsp3) is 0.750. The highest BCUT2D eigenvalue weighted by atomic mass is 127. The number of aliphatic imine (C=N–C) groups is 1. The van der Waals surface area contributed by atoms with Gasteiger partial charge in [0.15, 0.2) is 21.6 Å². The topological polar surface area (TPSA) is 92.5 Å². The average Bonchev–Trinajstić information content (AvgIpc) is 2.80. The van der Waals surface area contributed by atoms with Crippen LogP contribution in [-0.2, 0) is 23.4 Å². The second kappa shape index (κ2) is 7.11. The summed E-state index contributed by atoms with van der Waals surface area (Å²) in [6, 6.07) is 0. The predicted molar refractivity (Wildman–Crippen MR) is 96.1 cm³/mol. The number of halogens is 1. The van der Waals surface area contributed by atoms with Gasteiger partial charge in [0, 0.05) is 27.2 Å². The lowest BCUT2D eigenvalue weighted by atomic mass is 10.2. The smallest absolute Gasteiger partial charge is 0.194 e. The molecular weight excluding hydrogens is 419 g/mol. The monoisotopic (exact) mass is 442 g/mol. The predicted octanol–water partition coefficient (Wildman–Crippen LogP) is 0.0175. The molecule has 10 heteroatoms. The Morgan fingerprint density at radius 2 is 2.18 bits per heavy atom. The van der Waals surface area contributed by atoms with E-state index in [1.165, 1.54) is 0 Å². The van der Waals surface area contributed by atoms with Crippen molar-refractivity contribution in [3.63, 3.8) is 0 Å². The number of aromatic nitrogens is 3. The minimum Gasteiger partial charge on any atom is -0.349 e. The third kappa shape index (κ3) is 3.89. The summed E-state index contributed by atoms with van der Waals surface area (Å²) in [6.45, 7) is 4.87. The highest BCUT2D eigenvalue weighted by molar-refractivity contribution is 14.0. The van der Waals surface area contributed by atoms with E-state index in [2.05, 4.69) is 20.5 Å². The molecule has 2 rings (SSSR count). The number of hydrogen-bond donors (Lipinski definition) is 1. The molecular formula is C12H23IN6O2S. The van der Waals surface area contributed by atoms with Crippen LogP contribution in [0, 0.1) is 0 Å². The molecule has 1 N–H and O–H groups in total. The van der Waals surface area contributed by atoms with Gasteiger partial charge in [-0.15, -0.1) is 34.2 Å². The Labute approximate surface area is 148 Å². The summed E-state index contributed by atoms with van der Waals surface area (Å²) in [7, 11) is 0.510. The third-order valence-corrected chi connectivity index (χ3v) is 6.30. The number of rotatable bonds is 2. The number of sulfone groups is 1. The van der Waals surface area contributed by atoms with E-state index in [4.69, 9.17) is 0 Å². The molecule has 1 saturated heterocycles. The van der Waals surface area contributed by atoms with Gasteiger partial charge in [-0.3, -0.25) is 4.99 Å². The van der Waals surface area contributed by atoms with E-state index in [-0.39, 0.29) is 29.7 Å². The lowest BCUT2D eigenvalue weighted by Crippen LogP contribution is -2.57. The van der Waals surface area contributed by atoms with Crippen molar-refractivity contribution in [1.82, 2.24) is 25.0 Å². The van der Waals surface area contributed by atoms with E-state index in [0.717, 1.165) is 5.82 Å². The largest absolute Gasteiger partial charge is 0.349 e. The number of nitrogens with one attached hydrogen (secondary N) is 1. The number of nitrogens with zero attached hydrogens (tertiary/aromatic N) is 5. The Balaban J connectivity index is 0.00000242. The van der Waals surface area contributed by atoms with Gasteiger partial charge in [0.05, 0.1) is 17.0 Å². The fourth-order valence-electron chi connectivity index (χ4n) is 2.28. The van der Waals surface area contributed by atoms with Crippen LogP contribution < -0.4 is 5.32 Å². The van der Waals surface area contributed by atoms with Crippen molar-refractivity contribution in [2.24, 2.45) is 12.0 Å². The van der Waals surface area contributed by atoms with Crippen LogP contribution in [0.4, 0.5) is 0 Å². The van der Waals surface area contributed by atoms with E-state index in [1.54, 1.807) is 27.2 Å².